The first-order valence-electron chi connectivity index (χ1n) is 4.04. The molecule has 66 valence electrons. The number of anilines is 1. The lowest BCUT2D eigenvalue weighted by Gasteiger charge is -2.00. The molecule has 0 aliphatic rings. The number of aromatic amines is 1. The van der Waals surface area contributed by atoms with Gasteiger partial charge in [-0.3, -0.25) is 0 Å². The van der Waals surface area contributed by atoms with Crippen molar-refractivity contribution in [1.29, 1.82) is 0 Å². The van der Waals surface area contributed by atoms with Gasteiger partial charge in [-0.05, 0) is 12.1 Å². The minimum atomic E-state index is 0.858. The summed E-state index contributed by atoms with van der Waals surface area (Å²) in [5, 5.41) is 13.4. The minimum Gasteiger partial charge on any atom is -0.388 e. The van der Waals surface area contributed by atoms with Crippen LogP contribution in [-0.4, -0.2) is 22.5 Å². The molecule has 0 unspecified atom stereocenters. The van der Waals surface area contributed by atoms with Crippen LogP contribution >= 0.6 is 0 Å². The maximum Gasteiger partial charge on any atom is 0.112 e. The first-order valence-corrected chi connectivity index (χ1v) is 4.04. The van der Waals surface area contributed by atoms with E-state index in [1.54, 1.807) is 6.20 Å². The summed E-state index contributed by atoms with van der Waals surface area (Å²) in [6.07, 6.45) is 1.70. The zero-order valence-corrected chi connectivity index (χ0v) is 7.28. The van der Waals surface area contributed by atoms with Crippen LogP contribution in [0, 0.1) is 0 Å². The molecule has 1 aromatic carbocycles. The standard InChI is InChI=1S/C9H10N4/c1-10-8-4-2-3-7(5-8)9-6-11-13-12-9/h2-6,10H,1H3,(H,11,12,13). The van der Waals surface area contributed by atoms with Crippen LogP contribution in [0.5, 0.6) is 0 Å². The maximum atomic E-state index is 4.00. The van der Waals surface area contributed by atoms with Crippen molar-refractivity contribution in [2.45, 2.75) is 0 Å². The number of nitrogens with zero attached hydrogens (tertiary/aromatic N) is 2. The summed E-state index contributed by atoms with van der Waals surface area (Å²) in [4.78, 5) is 0. The number of benzene rings is 1. The lowest BCUT2D eigenvalue weighted by molar-refractivity contribution is 0.942. The fraction of sp³-hybridized carbons (Fsp3) is 0.111. The number of rotatable bonds is 2. The molecule has 0 radical (unpaired) electrons. The summed E-state index contributed by atoms with van der Waals surface area (Å²) in [7, 11) is 1.89. The zero-order valence-electron chi connectivity index (χ0n) is 7.28. The highest BCUT2D eigenvalue weighted by Gasteiger charge is 1.99. The second kappa shape index (κ2) is 3.26. The van der Waals surface area contributed by atoms with Crippen LogP contribution in [0.25, 0.3) is 11.3 Å². The second-order valence-corrected chi connectivity index (χ2v) is 2.69. The van der Waals surface area contributed by atoms with Crippen LogP contribution in [0.4, 0.5) is 5.69 Å². The van der Waals surface area contributed by atoms with Gasteiger partial charge in [-0.15, -0.1) is 0 Å². The Bertz CT molecular complexity index is 380. The quantitative estimate of drug-likeness (QED) is 0.725. The predicted molar refractivity (Wildman–Crippen MR) is 51.4 cm³/mol. The van der Waals surface area contributed by atoms with Gasteiger partial charge in [0.15, 0.2) is 0 Å². The topological polar surface area (TPSA) is 53.6 Å². The number of aromatic nitrogens is 3. The summed E-state index contributed by atoms with van der Waals surface area (Å²) in [6, 6.07) is 8.01. The second-order valence-electron chi connectivity index (χ2n) is 2.69. The van der Waals surface area contributed by atoms with E-state index >= 15 is 0 Å². The summed E-state index contributed by atoms with van der Waals surface area (Å²) in [5.74, 6) is 0. The fourth-order valence-corrected chi connectivity index (χ4v) is 1.17. The molecule has 1 aromatic heterocycles. The first-order chi connectivity index (χ1) is 6.40. The van der Waals surface area contributed by atoms with E-state index < -0.39 is 0 Å². The lowest BCUT2D eigenvalue weighted by Crippen LogP contribution is -1.87. The Morgan fingerprint density at radius 3 is 3.00 bits per heavy atom. The van der Waals surface area contributed by atoms with Gasteiger partial charge in [-0.2, -0.15) is 15.4 Å². The molecular formula is C9H10N4. The van der Waals surface area contributed by atoms with Crippen LogP contribution in [0.15, 0.2) is 30.5 Å². The van der Waals surface area contributed by atoms with Gasteiger partial charge in [0.25, 0.3) is 0 Å². The van der Waals surface area contributed by atoms with E-state index in [1.807, 2.05) is 31.3 Å². The molecule has 2 rings (SSSR count). The molecule has 0 aliphatic carbocycles. The average molecular weight is 174 g/mol. The van der Waals surface area contributed by atoms with Gasteiger partial charge < -0.3 is 5.32 Å². The van der Waals surface area contributed by atoms with Crippen LogP contribution in [0.1, 0.15) is 0 Å². The average Bonchev–Trinajstić information content (AvgIpc) is 2.71. The van der Waals surface area contributed by atoms with E-state index in [1.165, 1.54) is 0 Å². The molecule has 0 fully saturated rings. The largest absolute Gasteiger partial charge is 0.388 e. The smallest absolute Gasteiger partial charge is 0.112 e. The summed E-state index contributed by atoms with van der Waals surface area (Å²) >= 11 is 0. The van der Waals surface area contributed by atoms with E-state index in [4.69, 9.17) is 0 Å². The minimum absolute atomic E-state index is 0.858. The van der Waals surface area contributed by atoms with Gasteiger partial charge in [0.1, 0.15) is 5.69 Å². The van der Waals surface area contributed by atoms with Crippen molar-refractivity contribution in [1.82, 2.24) is 15.4 Å². The van der Waals surface area contributed by atoms with Gasteiger partial charge in [0, 0.05) is 18.3 Å². The third kappa shape index (κ3) is 1.51. The number of H-pyrrole nitrogens is 1. The third-order valence-electron chi connectivity index (χ3n) is 1.86. The highest BCUT2D eigenvalue weighted by molar-refractivity contribution is 5.63. The normalized spacial score (nSPS) is 9.92. The first kappa shape index (κ1) is 7.79. The predicted octanol–water partition coefficient (Wildman–Crippen LogP) is 1.51. The van der Waals surface area contributed by atoms with Gasteiger partial charge >= 0.3 is 0 Å². The van der Waals surface area contributed by atoms with Crippen LogP contribution < -0.4 is 5.32 Å². The van der Waals surface area contributed by atoms with Crippen LogP contribution in [-0.2, 0) is 0 Å². The fourth-order valence-electron chi connectivity index (χ4n) is 1.17. The zero-order chi connectivity index (χ0) is 9.10. The molecule has 2 aromatic rings. The molecule has 1 heterocycles. The van der Waals surface area contributed by atoms with E-state index in [9.17, 15) is 0 Å². The number of nitrogens with one attached hydrogen (secondary N) is 2. The van der Waals surface area contributed by atoms with E-state index in [2.05, 4.69) is 20.7 Å². The van der Waals surface area contributed by atoms with Crippen molar-refractivity contribution in [3.8, 4) is 11.3 Å². The van der Waals surface area contributed by atoms with E-state index in [0.717, 1.165) is 16.9 Å². The summed E-state index contributed by atoms with van der Waals surface area (Å²) in [6.45, 7) is 0. The van der Waals surface area contributed by atoms with Gasteiger partial charge in [-0.1, -0.05) is 12.1 Å². The highest BCUT2D eigenvalue weighted by atomic mass is 15.3. The SMILES string of the molecule is CNc1cccc(-c2cn[nH]n2)c1. The van der Waals surface area contributed by atoms with Crippen molar-refractivity contribution in [2.24, 2.45) is 0 Å². The van der Waals surface area contributed by atoms with Gasteiger partial charge in [0.05, 0.1) is 6.20 Å². The molecular weight excluding hydrogens is 164 g/mol. The van der Waals surface area contributed by atoms with Crippen molar-refractivity contribution >= 4 is 5.69 Å². The molecule has 4 nitrogen and oxygen atoms in total. The molecule has 2 N–H and O–H groups in total. The Balaban J connectivity index is 2.41. The van der Waals surface area contributed by atoms with Crippen molar-refractivity contribution in [3.05, 3.63) is 30.5 Å². The van der Waals surface area contributed by atoms with Gasteiger partial charge in [0.2, 0.25) is 0 Å². The third-order valence-corrected chi connectivity index (χ3v) is 1.86. The number of hydrogen-bond acceptors (Lipinski definition) is 3. The van der Waals surface area contributed by atoms with E-state index in [-0.39, 0.29) is 0 Å². The molecule has 0 spiro atoms. The Morgan fingerprint density at radius 2 is 2.31 bits per heavy atom. The summed E-state index contributed by atoms with van der Waals surface area (Å²) < 4.78 is 0. The van der Waals surface area contributed by atoms with Crippen molar-refractivity contribution in [2.75, 3.05) is 12.4 Å². The molecule has 0 saturated carbocycles. The molecule has 0 saturated heterocycles. The van der Waals surface area contributed by atoms with Crippen molar-refractivity contribution in [3.63, 3.8) is 0 Å². The molecule has 0 aliphatic heterocycles. The molecule has 0 atom stereocenters. The Hall–Kier alpha value is -1.84. The van der Waals surface area contributed by atoms with E-state index in [0.29, 0.717) is 0 Å². The Kier molecular flexibility index (Phi) is 1.96. The van der Waals surface area contributed by atoms with Gasteiger partial charge in [-0.25, -0.2) is 0 Å². The molecule has 13 heavy (non-hydrogen) atoms. The molecule has 0 amide bonds. The Morgan fingerprint density at radius 1 is 1.38 bits per heavy atom. The monoisotopic (exact) mass is 174 g/mol. The van der Waals surface area contributed by atoms with Crippen LogP contribution in [0.3, 0.4) is 0 Å². The van der Waals surface area contributed by atoms with Crippen LogP contribution in [0.2, 0.25) is 0 Å². The maximum absolute atomic E-state index is 4.00. The lowest BCUT2D eigenvalue weighted by atomic mass is 10.1. The molecule has 0 bridgehead atoms. The highest BCUT2D eigenvalue weighted by Crippen LogP contribution is 2.18. The Labute approximate surface area is 76.0 Å². The molecule has 4 heteroatoms. The number of hydrogen-bond donors (Lipinski definition) is 2. The van der Waals surface area contributed by atoms with Crippen molar-refractivity contribution < 1.29 is 0 Å². The summed E-state index contributed by atoms with van der Waals surface area (Å²) in [5.41, 5.74) is 2.98.